The molecule has 1 aromatic carbocycles. The smallest absolute Gasteiger partial charge is 0.341 e. The minimum absolute atomic E-state index is 0.0588. The fourth-order valence-corrected chi connectivity index (χ4v) is 3.15. The molecular weight excluding hydrogens is 354 g/mol. The van der Waals surface area contributed by atoms with Crippen molar-refractivity contribution in [2.75, 3.05) is 25.1 Å². The Morgan fingerprint density at radius 1 is 1.33 bits per heavy atom. The molecule has 2 rings (SSSR count). The predicted molar refractivity (Wildman–Crippen MR) is 98.5 cm³/mol. The zero-order chi connectivity index (χ0) is 19.8. The predicted octanol–water partition coefficient (Wildman–Crippen LogP) is 1.85. The molecule has 9 heteroatoms. The summed E-state index contributed by atoms with van der Waals surface area (Å²) in [7, 11) is 0. The summed E-state index contributed by atoms with van der Waals surface area (Å²) < 4.78 is 5.05. The van der Waals surface area contributed by atoms with Crippen LogP contribution in [0.15, 0.2) is 18.2 Å². The third-order valence-electron chi connectivity index (χ3n) is 4.65. The van der Waals surface area contributed by atoms with E-state index in [1.165, 1.54) is 12.1 Å². The summed E-state index contributed by atoms with van der Waals surface area (Å²) in [5.41, 5.74) is -0.0329. The van der Waals surface area contributed by atoms with E-state index in [1.54, 1.807) is 0 Å². The Balaban J connectivity index is 1.99. The largest absolute Gasteiger partial charge is 0.452 e. The fraction of sp³-hybridized carbons (Fsp3) is 0.556. The third kappa shape index (κ3) is 5.92. The van der Waals surface area contributed by atoms with Crippen LogP contribution in [-0.2, 0) is 9.53 Å². The fourth-order valence-electron chi connectivity index (χ4n) is 3.15. The Morgan fingerprint density at radius 3 is 2.74 bits per heavy atom. The number of rotatable bonds is 8. The van der Waals surface area contributed by atoms with Crippen LogP contribution in [-0.4, -0.2) is 47.7 Å². The Morgan fingerprint density at radius 2 is 2.07 bits per heavy atom. The van der Waals surface area contributed by atoms with E-state index in [2.05, 4.69) is 17.6 Å². The van der Waals surface area contributed by atoms with E-state index in [0.29, 0.717) is 11.6 Å². The summed E-state index contributed by atoms with van der Waals surface area (Å²) in [4.78, 5) is 34.7. The molecule has 0 radical (unpaired) electrons. The van der Waals surface area contributed by atoms with E-state index < -0.39 is 23.4 Å². The molecule has 0 unspecified atom stereocenters. The van der Waals surface area contributed by atoms with Crippen molar-refractivity contribution in [1.29, 1.82) is 0 Å². The number of nitrogens with one attached hydrogen (secondary N) is 2. The Kier molecular flexibility index (Phi) is 7.54. The first kappa shape index (κ1) is 20.6. The highest BCUT2D eigenvalue weighted by Gasteiger charge is 2.24. The minimum Gasteiger partial charge on any atom is -0.452 e. The lowest BCUT2D eigenvalue weighted by molar-refractivity contribution is -0.384. The van der Waals surface area contributed by atoms with Gasteiger partial charge < -0.3 is 20.5 Å². The number of hydrogen-bond donors (Lipinski definition) is 3. The summed E-state index contributed by atoms with van der Waals surface area (Å²) in [6.45, 7) is 1.62. The number of nitrogens with zero attached hydrogens (tertiary/aromatic N) is 1. The Labute approximate surface area is 157 Å². The average molecular weight is 379 g/mol. The van der Waals surface area contributed by atoms with Crippen LogP contribution in [0.3, 0.4) is 0 Å². The average Bonchev–Trinajstić information content (AvgIpc) is 2.66. The molecule has 0 heterocycles. The third-order valence-corrected chi connectivity index (χ3v) is 4.65. The molecule has 1 fully saturated rings. The van der Waals surface area contributed by atoms with Crippen molar-refractivity contribution >= 4 is 23.3 Å². The molecule has 1 aliphatic carbocycles. The summed E-state index contributed by atoms with van der Waals surface area (Å²) in [6.07, 6.45) is 4.17. The molecule has 1 saturated carbocycles. The number of aliphatic hydroxyl groups excluding tert-OH is 1. The number of carbonyl (C=O) groups is 2. The number of aliphatic hydroxyl groups is 1. The highest BCUT2D eigenvalue weighted by atomic mass is 16.6. The first-order chi connectivity index (χ1) is 12.9. The summed E-state index contributed by atoms with van der Waals surface area (Å²) in [5, 5.41) is 25.5. The standard InChI is InChI=1S/C18H25N3O6/c1-12-4-2-3-5-15(12)20-17(23)11-27-18(24)14-10-13(21(25)26)6-7-16(14)19-8-9-22/h6-7,10,12,15,19,22H,2-5,8-9,11H2,1H3,(H,20,23)/t12-,15+/m1/s1. The second kappa shape index (κ2) is 9.86. The number of benzene rings is 1. The molecule has 0 spiro atoms. The summed E-state index contributed by atoms with van der Waals surface area (Å²) in [5.74, 6) is -0.854. The van der Waals surface area contributed by atoms with Gasteiger partial charge in [-0.25, -0.2) is 4.79 Å². The molecule has 27 heavy (non-hydrogen) atoms. The molecule has 3 N–H and O–H groups in total. The van der Waals surface area contributed by atoms with Crippen LogP contribution in [0, 0.1) is 16.0 Å². The van der Waals surface area contributed by atoms with Crippen LogP contribution >= 0.6 is 0 Å². The van der Waals surface area contributed by atoms with Crippen LogP contribution in [0.4, 0.5) is 11.4 Å². The summed E-state index contributed by atoms with van der Waals surface area (Å²) in [6, 6.07) is 3.77. The molecule has 0 bridgehead atoms. The number of hydrogen-bond acceptors (Lipinski definition) is 7. The van der Waals surface area contributed by atoms with Crippen molar-refractivity contribution < 1.29 is 24.4 Å². The molecule has 1 aromatic rings. The Hall–Kier alpha value is -2.68. The van der Waals surface area contributed by atoms with Gasteiger partial charge in [-0.05, 0) is 24.8 Å². The van der Waals surface area contributed by atoms with Gasteiger partial charge in [-0.1, -0.05) is 19.8 Å². The molecule has 148 valence electrons. The maximum absolute atomic E-state index is 12.3. The molecule has 0 aromatic heterocycles. The van der Waals surface area contributed by atoms with Crippen LogP contribution in [0.1, 0.15) is 43.0 Å². The molecule has 0 saturated heterocycles. The topological polar surface area (TPSA) is 131 Å². The van der Waals surface area contributed by atoms with E-state index in [4.69, 9.17) is 9.84 Å². The van der Waals surface area contributed by atoms with Crippen LogP contribution in [0.25, 0.3) is 0 Å². The van der Waals surface area contributed by atoms with Crippen molar-refractivity contribution in [3.05, 3.63) is 33.9 Å². The van der Waals surface area contributed by atoms with Gasteiger partial charge in [0.05, 0.1) is 17.1 Å². The van der Waals surface area contributed by atoms with Crippen LogP contribution < -0.4 is 10.6 Å². The maximum Gasteiger partial charge on any atom is 0.341 e. The van der Waals surface area contributed by atoms with Crippen molar-refractivity contribution in [1.82, 2.24) is 5.32 Å². The zero-order valence-electron chi connectivity index (χ0n) is 15.3. The number of nitro benzene ring substituents is 1. The van der Waals surface area contributed by atoms with Crippen molar-refractivity contribution in [2.24, 2.45) is 5.92 Å². The number of esters is 1. The number of non-ortho nitro benzene ring substituents is 1. The van der Waals surface area contributed by atoms with Gasteiger partial charge in [0.15, 0.2) is 6.61 Å². The lowest BCUT2D eigenvalue weighted by Gasteiger charge is -2.29. The van der Waals surface area contributed by atoms with Gasteiger partial charge in [-0.3, -0.25) is 14.9 Å². The summed E-state index contributed by atoms with van der Waals surface area (Å²) >= 11 is 0. The van der Waals surface area contributed by atoms with E-state index in [-0.39, 0.29) is 30.4 Å². The van der Waals surface area contributed by atoms with Crippen LogP contribution in [0.2, 0.25) is 0 Å². The minimum atomic E-state index is -0.842. The SMILES string of the molecule is C[C@@H]1CCCC[C@@H]1NC(=O)COC(=O)c1cc([N+](=O)[O-])ccc1NCCO. The molecule has 1 aliphatic rings. The molecular formula is C18H25N3O6. The van der Waals surface area contributed by atoms with Gasteiger partial charge in [0, 0.05) is 30.4 Å². The number of carbonyl (C=O) groups excluding carboxylic acids is 2. The lowest BCUT2D eigenvalue weighted by Crippen LogP contribution is -2.42. The van der Waals surface area contributed by atoms with E-state index in [0.717, 1.165) is 31.7 Å². The van der Waals surface area contributed by atoms with Gasteiger partial charge in [0.2, 0.25) is 0 Å². The molecule has 1 amide bonds. The van der Waals surface area contributed by atoms with Crippen LogP contribution in [0.5, 0.6) is 0 Å². The second-order valence-corrected chi connectivity index (χ2v) is 6.65. The quantitative estimate of drug-likeness (QED) is 0.357. The monoisotopic (exact) mass is 379 g/mol. The van der Waals surface area contributed by atoms with Crippen molar-refractivity contribution in [3.8, 4) is 0 Å². The molecule has 9 nitrogen and oxygen atoms in total. The highest BCUT2D eigenvalue weighted by molar-refractivity contribution is 5.97. The number of amides is 1. The van der Waals surface area contributed by atoms with Gasteiger partial charge in [0.1, 0.15) is 0 Å². The highest BCUT2D eigenvalue weighted by Crippen LogP contribution is 2.24. The van der Waals surface area contributed by atoms with E-state index in [9.17, 15) is 19.7 Å². The normalized spacial score (nSPS) is 19.2. The lowest BCUT2D eigenvalue weighted by atomic mass is 9.86. The van der Waals surface area contributed by atoms with Gasteiger partial charge in [0.25, 0.3) is 11.6 Å². The maximum atomic E-state index is 12.3. The number of nitro groups is 1. The van der Waals surface area contributed by atoms with E-state index in [1.807, 2.05) is 0 Å². The number of ether oxygens (including phenoxy) is 1. The van der Waals surface area contributed by atoms with Gasteiger partial charge in [-0.15, -0.1) is 0 Å². The van der Waals surface area contributed by atoms with Crippen molar-refractivity contribution in [3.63, 3.8) is 0 Å². The van der Waals surface area contributed by atoms with Gasteiger partial charge >= 0.3 is 5.97 Å². The number of anilines is 1. The zero-order valence-corrected chi connectivity index (χ0v) is 15.3. The molecule has 0 aliphatic heterocycles. The first-order valence-corrected chi connectivity index (χ1v) is 9.02. The Bertz CT molecular complexity index is 694. The van der Waals surface area contributed by atoms with Crippen molar-refractivity contribution in [2.45, 2.75) is 38.6 Å². The van der Waals surface area contributed by atoms with E-state index >= 15 is 0 Å². The molecule has 2 atom stereocenters. The van der Waals surface area contributed by atoms with Gasteiger partial charge in [-0.2, -0.15) is 0 Å². The first-order valence-electron chi connectivity index (χ1n) is 9.02. The second-order valence-electron chi connectivity index (χ2n) is 6.65.